The van der Waals surface area contributed by atoms with E-state index in [1.807, 2.05) is 12.4 Å². The number of hydrogen-bond acceptors (Lipinski definition) is 4. The van der Waals surface area contributed by atoms with Gasteiger partial charge in [-0.2, -0.15) is 0 Å². The van der Waals surface area contributed by atoms with E-state index in [0.29, 0.717) is 0 Å². The number of likely N-dealkylation sites (N-methyl/N-ethyl adjacent to an activating group) is 1. The summed E-state index contributed by atoms with van der Waals surface area (Å²) in [5, 5.41) is 12.3. The Hall–Kier alpha value is -0.450. The molecule has 1 saturated heterocycles. The van der Waals surface area contributed by atoms with Crippen LogP contribution < -0.4 is 0 Å². The summed E-state index contributed by atoms with van der Waals surface area (Å²) in [5.74, 6) is 0. The van der Waals surface area contributed by atoms with E-state index < -0.39 is 0 Å². The Morgan fingerprint density at radius 1 is 1.82 bits per heavy atom. The van der Waals surface area contributed by atoms with Crippen LogP contribution in [0.15, 0.2) is 11.6 Å². The molecule has 0 aliphatic carbocycles. The van der Waals surface area contributed by atoms with Crippen LogP contribution in [0.4, 0.5) is 0 Å². The van der Waals surface area contributed by atoms with E-state index in [2.05, 4.69) is 9.88 Å². The maximum absolute atomic E-state index is 9.37. The topological polar surface area (TPSA) is 36.4 Å². The van der Waals surface area contributed by atoms with Crippen molar-refractivity contribution in [2.75, 3.05) is 13.6 Å². The van der Waals surface area contributed by atoms with E-state index in [1.54, 1.807) is 17.5 Å². The van der Waals surface area contributed by atoms with E-state index in [4.69, 9.17) is 0 Å². The molecular formula is C7H10N2OS. The lowest BCUT2D eigenvalue weighted by atomic mass is 10.0. The van der Waals surface area contributed by atoms with Gasteiger partial charge >= 0.3 is 0 Å². The Kier molecular flexibility index (Phi) is 1.67. The molecule has 2 unspecified atom stereocenters. The number of thiazole rings is 1. The summed E-state index contributed by atoms with van der Waals surface area (Å²) in [6, 6.07) is 0.148. The number of aliphatic hydroxyl groups excluding tert-OH is 1. The van der Waals surface area contributed by atoms with Crippen LogP contribution in [0, 0.1) is 0 Å². The maximum Gasteiger partial charge on any atom is 0.112 e. The van der Waals surface area contributed by atoms with E-state index in [1.165, 1.54) is 0 Å². The van der Waals surface area contributed by atoms with Gasteiger partial charge in [0.15, 0.2) is 0 Å². The second-order valence-electron chi connectivity index (χ2n) is 2.82. The van der Waals surface area contributed by atoms with Crippen molar-refractivity contribution < 1.29 is 5.11 Å². The minimum Gasteiger partial charge on any atom is -0.390 e. The van der Waals surface area contributed by atoms with Crippen molar-refractivity contribution in [2.24, 2.45) is 0 Å². The second kappa shape index (κ2) is 2.55. The van der Waals surface area contributed by atoms with Crippen molar-refractivity contribution in [1.82, 2.24) is 9.88 Å². The van der Waals surface area contributed by atoms with Gasteiger partial charge in [-0.25, -0.2) is 4.98 Å². The third-order valence-electron chi connectivity index (χ3n) is 2.02. The standard InChI is InChI=1S/C7H10N2OS/c1-9-4-5(10)6(9)7-8-2-3-11-7/h2-3,5-6,10H,4H2,1H3. The first kappa shape index (κ1) is 7.21. The molecule has 0 amide bonds. The van der Waals surface area contributed by atoms with Crippen LogP contribution >= 0.6 is 11.3 Å². The van der Waals surface area contributed by atoms with Gasteiger partial charge in [-0.05, 0) is 7.05 Å². The summed E-state index contributed by atoms with van der Waals surface area (Å²) in [4.78, 5) is 6.26. The number of aromatic nitrogens is 1. The number of hydrogen-bond donors (Lipinski definition) is 1. The molecule has 1 N–H and O–H groups in total. The number of likely N-dealkylation sites (tertiary alicyclic amines) is 1. The third-order valence-corrected chi connectivity index (χ3v) is 2.87. The molecule has 0 radical (unpaired) electrons. The van der Waals surface area contributed by atoms with Gasteiger partial charge in [0, 0.05) is 18.1 Å². The largest absolute Gasteiger partial charge is 0.390 e. The van der Waals surface area contributed by atoms with Crippen molar-refractivity contribution in [3.05, 3.63) is 16.6 Å². The van der Waals surface area contributed by atoms with E-state index >= 15 is 0 Å². The van der Waals surface area contributed by atoms with Gasteiger partial charge in [-0.15, -0.1) is 11.3 Å². The molecule has 1 fully saturated rings. The van der Waals surface area contributed by atoms with Gasteiger partial charge in [-0.3, -0.25) is 4.90 Å². The molecule has 4 heteroatoms. The fourth-order valence-corrected chi connectivity index (χ4v) is 2.26. The van der Waals surface area contributed by atoms with Gasteiger partial charge < -0.3 is 5.11 Å². The van der Waals surface area contributed by atoms with Crippen LogP contribution in [0.1, 0.15) is 11.0 Å². The maximum atomic E-state index is 9.37. The molecule has 1 aliphatic heterocycles. The summed E-state index contributed by atoms with van der Waals surface area (Å²) in [7, 11) is 2.00. The number of rotatable bonds is 1. The van der Waals surface area contributed by atoms with Crippen molar-refractivity contribution in [3.8, 4) is 0 Å². The molecule has 0 aromatic carbocycles. The molecule has 0 saturated carbocycles. The van der Waals surface area contributed by atoms with E-state index in [-0.39, 0.29) is 12.1 Å². The highest BCUT2D eigenvalue weighted by Gasteiger charge is 2.37. The third kappa shape index (κ3) is 1.07. The van der Waals surface area contributed by atoms with Crippen LogP contribution in [0.3, 0.4) is 0 Å². The Morgan fingerprint density at radius 3 is 3.09 bits per heavy atom. The van der Waals surface area contributed by atoms with Crippen molar-refractivity contribution in [2.45, 2.75) is 12.1 Å². The summed E-state index contributed by atoms with van der Waals surface area (Å²) >= 11 is 1.60. The first-order valence-electron chi connectivity index (χ1n) is 3.57. The fourth-order valence-electron chi connectivity index (χ4n) is 1.40. The molecule has 0 bridgehead atoms. The molecule has 1 aliphatic rings. The molecule has 60 valence electrons. The quantitative estimate of drug-likeness (QED) is 0.666. The molecule has 3 nitrogen and oxygen atoms in total. The minimum atomic E-state index is -0.217. The molecule has 2 atom stereocenters. The first-order valence-corrected chi connectivity index (χ1v) is 4.44. The second-order valence-corrected chi connectivity index (χ2v) is 3.75. The fraction of sp³-hybridized carbons (Fsp3) is 0.571. The Labute approximate surface area is 69.3 Å². The predicted octanol–water partition coefficient (Wildman–Crippen LogP) is 0.490. The van der Waals surface area contributed by atoms with Crippen LogP contribution in [0.2, 0.25) is 0 Å². The van der Waals surface area contributed by atoms with E-state index in [9.17, 15) is 5.11 Å². The molecule has 1 aromatic heterocycles. The normalized spacial score (nSPS) is 31.8. The Balaban J connectivity index is 2.17. The van der Waals surface area contributed by atoms with Crippen molar-refractivity contribution >= 4 is 11.3 Å². The van der Waals surface area contributed by atoms with Gasteiger partial charge in [0.05, 0.1) is 12.1 Å². The zero-order valence-corrected chi connectivity index (χ0v) is 7.08. The van der Waals surface area contributed by atoms with Crippen LogP contribution in [-0.2, 0) is 0 Å². The van der Waals surface area contributed by atoms with Crippen molar-refractivity contribution in [3.63, 3.8) is 0 Å². The molecule has 2 rings (SSSR count). The molecule has 2 heterocycles. The Bertz CT molecular complexity index is 229. The average molecular weight is 170 g/mol. The number of β-amino-alcohol motifs (C(OH)–C–C–N with tert-alkyl or cyclic N) is 1. The van der Waals surface area contributed by atoms with Gasteiger partial charge in [0.2, 0.25) is 0 Å². The Morgan fingerprint density at radius 2 is 2.64 bits per heavy atom. The van der Waals surface area contributed by atoms with Gasteiger partial charge in [0.1, 0.15) is 5.01 Å². The summed E-state index contributed by atoms with van der Waals surface area (Å²) in [5.41, 5.74) is 0. The minimum absolute atomic E-state index is 0.148. The zero-order chi connectivity index (χ0) is 7.84. The van der Waals surface area contributed by atoms with Gasteiger partial charge in [0.25, 0.3) is 0 Å². The number of aliphatic hydroxyl groups is 1. The molecular weight excluding hydrogens is 160 g/mol. The average Bonchev–Trinajstić information content (AvgIpc) is 2.39. The van der Waals surface area contributed by atoms with Crippen LogP contribution in [0.5, 0.6) is 0 Å². The highest BCUT2D eigenvalue weighted by atomic mass is 32.1. The molecule has 11 heavy (non-hydrogen) atoms. The SMILES string of the molecule is CN1CC(O)C1c1nccs1. The predicted molar refractivity (Wildman–Crippen MR) is 43.5 cm³/mol. The summed E-state index contributed by atoms with van der Waals surface area (Å²) in [6.07, 6.45) is 1.56. The lowest BCUT2D eigenvalue weighted by Gasteiger charge is -2.41. The number of nitrogens with zero attached hydrogens (tertiary/aromatic N) is 2. The van der Waals surface area contributed by atoms with Crippen LogP contribution in [0.25, 0.3) is 0 Å². The lowest BCUT2D eigenvalue weighted by Crippen LogP contribution is -2.51. The zero-order valence-electron chi connectivity index (χ0n) is 6.27. The highest BCUT2D eigenvalue weighted by molar-refractivity contribution is 7.09. The first-order chi connectivity index (χ1) is 5.29. The molecule has 1 aromatic rings. The highest BCUT2D eigenvalue weighted by Crippen LogP contribution is 2.32. The monoisotopic (exact) mass is 170 g/mol. The van der Waals surface area contributed by atoms with Crippen molar-refractivity contribution in [1.29, 1.82) is 0 Å². The summed E-state index contributed by atoms with van der Waals surface area (Å²) in [6.45, 7) is 0.768. The van der Waals surface area contributed by atoms with Crippen LogP contribution in [-0.4, -0.2) is 34.7 Å². The smallest absolute Gasteiger partial charge is 0.112 e. The van der Waals surface area contributed by atoms with E-state index in [0.717, 1.165) is 11.6 Å². The summed E-state index contributed by atoms with van der Waals surface area (Å²) < 4.78 is 0. The molecule has 0 spiro atoms. The lowest BCUT2D eigenvalue weighted by molar-refractivity contribution is -0.0468. The van der Waals surface area contributed by atoms with Gasteiger partial charge in [-0.1, -0.05) is 0 Å².